The molecule has 3 rings (SSSR count). The van der Waals surface area contributed by atoms with E-state index >= 15 is 0 Å². The molecular formula is C16H19N3OS. The second-order valence-electron chi connectivity index (χ2n) is 5.35. The molecule has 1 aromatic carbocycles. The molecule has 1 N–H and O–H groups in total. The molecule has 2 atom stereocenters. The van der Waals surface area contributed by atoms with Crippen LogP contribution in [0.3, 0.4) is 0 Å². The number of amides is 1. The number of fused-ring (bicyclic) bond motifs is 1. The Morgan fingerprint density at radius 2 is 2.19 bits per heavy atom. The number of nitrogens with one attached hydrogen (secondary N) is 1. The number of nitrogens with zero attached hydrogens (tertiary/aromatic N) is 2. The molecule has 0 saturated heterocycles. The van der Waals surface area contributed by atoms with Crippen molar-refractivity contribution in [1.29, 1.82) is 0 Å². The lowest BCUT2D eigenvalue weighted by molar-refractivity contribution is 0.0589. The zero-order chi connectivity index (χ0) is 15.0. The summed E-state index contributed by atoms with van der Waals surface area (Å²) in [6.45, 7) is 6.17. The fourth-order valence-electron chi connectivity index (χ4n) is 2.64. The minimum Gasteiger partial charge on any atom is -0.359 e. The van der Waals surface area contributed by atoms with Gasteiger partial charge in [0.05, 0.1) is 16.3 Å². The predicted octanol–water partition coefficient (Wildman–Crippen LogP) is 3.82. The van der Waals surface area contributed by atoms with Crippen molar-refractivity contribution in [2.24, 2.45) is 0 Å². The van der Waals surface area contributed by atoms with Gasteiger partial charge in [0.1, 0.15) is 6.17 Å². The summed E-state index contributed by atoms with van der Waals surface area (Å²) in [6, 6.07) is 7.84. The summed E-state index contributed by atoms with van der Waals surface area (Å²) in [6.07, 6.45) is 0.724. The van der Waals surface area contributed by atoms with Gasteiger partial charge in [-0.25, -0.2) is 4.98 Å². The molecule has 5 heteroatoms. The summed E-state index contributed by atoms with van der Waals surface area (Å²) < 4.78 is 0. The zero-order valence-corrected chi connectivity index (χ0v) is 13.3. The number of hydrogen-bond donors (Lipinski definition) is 1. The van der Waals surface area contributed by atoms with Gasteiger partial charge < -0.3 is 10.2 Å². The van der Waals surface area contributed by atoms with E-state index < -0.39 is 0 Å². The summed E-state index contributed by atoms with van der Waals surface area (Å²) in [7, 11) is 0. The molecule has 1 aliphatic rings. The number of hydrogen-bond acceptors (Lipinski definition) is 4. The van der Waals surface area contributed by atoms with E-state index in [1.807, 2.05) is 41.5 Å². The highest BCUT2D eigenvalue weighted by atomic mass is 32.1. The van der Waals surface area contributed by atoms with Gasteiger partial charge in [-0.05, 0) is 32.4 Å². The smallest absolute Gasteiger partial charge is 0.258 e. The van der Waals surface area contributed by atoms with E-state index in [1.54, 1.807) is 11.3 Å². The molecule has 4 nitrogen and oxygen atoms in total. The Kier molecular flexibility index (Phi) is 3.68. The maximum absolute atomic E-state index is 12.9. The van der Waals surface area contributed by atoms with E-state index in [2.05, 4.69) is 24.1 Å². The average molecular weight is 301 g/mol. The van der Waals surface area contributed by atoms with Crippen LogP contribution in [0.4, 0.5) is 5.69 Å². The third-order valence-electron chi connectivity index (χ3n) is 3.94. The number of aryl methyl sites for hydroxylation is 1. The van der Waals surface area contributed by atoms with Gasteiger partial charge in [-0.2, -0.15) is 0 Å². The molecule has 0 spiro atoms. The maximum Gasteiger partial charge on any atom is 0.258 e. The Balaban J connectivity index is 2.07. The molecule has 21 heavy (non-hydrogen) atoms. The molecule has 1 amide bonds. The van der Waals surface area contributed by atoms with E-state index in [0.29, 0.717) is 0 Å². The Labute approximate surface area is 128 Å². The van der Waals surface area contributed by atoms with Crippen LogP contribution >= 0.6 is 11.3 Å². The van der Waals surface area contributed by atoms with Gasteiger partial charge in [-0.1, -0.05) is 19.1 Å². The van der Waals surface area contributed by atoms with Gasteiger partial charge >= 0.3 is 0 Å². The normalized spacial score (nSPS) is 19.1. The lowest BCUT2D eigenvalue weighted by Crippen LogP contribution is -2.47. The Morgan fingerprint density at radius 3 is 2.86 bits per heavy atom. The third kappa shape index (κ3) is 2.42. The molecule has 0 saturated carbocycles. The van der Waals surface area contributed by atoms with Crippen LogP contribution in [0.25, 0.3) is 0 Å². The van der Waals surface area contributed by atoms with Gasteiger partial charge in [0.2, 0.25) is 0 Å². The van der Waals surface area contributed by atoms with Crippen LogP contribution in [-0.2, 0) is 0 Å². The molecule has 1 aromatic heterocycles. The Bertz CT molecular complexity index is 667. The highest BCUT2D eigenvalue weighted by molar-refractivity contribution is 7.09. The zero-order valence-electron chi connectivity index (χ0n) is 12.5. The van der Waals surface area contributed by atoms with Crippen LogP contribution in [0.5, 0.6) is 0 Å². The molecule has 0 bridgehead atoms. The minimum atomic E-state index is -0.188. The van der Waals surface area contributed by atoms with Gasteiger partial charge in [0, 0.05) is 17.1 Å². The summed E-state index contributed by atoms with van der Waals surface area (Å²) in [5.41, 5.74) is 2.54. The van der Waals surface area contributed by atoms with Crippen molar-refractivity contribution in [2.75, 3.05) is 5.32 Å². The Morgan fingerprint density at radius 1 is 1.43 bits per heavy atom. The number of anilines is 1. The largest absolute Gasteiger partial charge is 0.359 e. The van der Waals surface area contributed by atoms with Gasteiger partial charge in [-0.3, -0.25) is 4.79 Å². The van der Waals surface area contributed by atoms with Gasteiger partial charge in [0.15, 0.2) is 0 Å². The molecule has 0 unspecified atom stereocenters. The number of carbonyl (C=O) groups excluding carboxylic acids is 1. The van der Waals surface area contributed by atoms with Crippen molar-refractivity contribution in [3.8, 4) is 0 Å². The highest BCUT2D eigenvalue weighted by Gasteiger charge is 2.36. The number of carbonyl (C=O) groups is 1. The molecular weight excluding hydrogens is 282 g/mol. The highest BCUT2D eigenvalue weighted by Crippen LogP contribution is 2.35. The van der Waals surface area contributed by atoms with E-state index in [9.17, 15) is 4.79 Å². The van der Waals surface area contributed by atoms with Crippen LogP contribution in [-0.4, -0.2) is 21.8 Å². The van der Waals surface area contributed by atoms with Crippen LogP contribution in [0.2, 0.25) is 0 Å². The van der Waals surface area contributed by atoms with E-state index in [4.69, 9.17) is 0 Å². The van der Waals surface area contributed by atoms with Crippen molar-refractivity contribution in [2.45, 2.75) is 39.4 Å². The molecule has 2 aromatic rings. The first-order valence-electron chi connectivity index (χ1n) is 7.22. The standard InChI is InChI=1S/C16H19N3OS/c1-4-10(2)19-15(14-9-21-11(3)17-14)18-13-8-6-5-7-12(13)16(19)20/h5-10,15,18H,4H2,1-3H3/t10-,15-/m0/s1. The summed E-state index contributed by atoms with van der Waals surface area (Å²) >= 11 is 1.61. The topological polar surface area (TPSA) is 45.2 Å². The molecule has 1 aliphatic heterocycles. The minimum absolute atomic E-state index is 0.0781. The number of aromatic nitrogens is 1. The number of rotatable bonds is 3. The van der Waals surface area contributed by atoms with Crippen molar-refractivity contribution in [1.82, 2.24) is 9.88 Å². The summed E-state index contributed by atoms with van der Waals surface area (Å²) in [4.78, 5) is 19.4. The van der Waals surface area contributed by atoms with Crippen molar-refractivity contribution in [3.05, 3.63) is 45.9 Å². The fourth-order valence-corrected chi connectivity index (χ4v) is 3.27. The number of para-hydroxylation sites is 1. The fraction of sp³-hybridized carbons (Fsp3) is 0.375. The average Bonchev–Trinajstić information content (AvgIpc) is 2.93. The summed E-state index contributed by atoms with van der Waals surface area (Å²) in [5.74, 6) is 0.0781. The first-order chi connectivity index (χ1) is 10.1. The maximum atomic E-state index is 12.9. The van der Waals surface area contributed by atoms with E-state index in [0.717, 1.165) is 28.4 Å². The van der Waals surface area contributed by atoms with Crippen molar-refractivity contribution >= 4 is 22.9 Å². The number of thiazole rings is 1. The SMILES string of the molecule is CC[C@H](C)N1C(=O)c2ccccc2N[C@@H]1c1csc(C)n1. The van der Waals surface area contributed by atoms with Gasteiger partial charge in [-0.15, -0.1) is 11.3 Å². The van der Waals surface area contributed by atoms with Crippen LogP contribution in [0, 0.1) is 6.92 Å². The molecule has 110 valence electrons. The quantitative estimate of drug-likeness (QED) is 0.937. The molecule has 0 aliphatic carbocycles. The molecule has 0 fully saturated rings. The predicted molar refractivity (Wildman–Crippen MR) is 85.6 cm³/mol. The first kappa shape index (κ1) is 14.1. The van der Waals surface area contributed by atoms with Gasteiger partial charge in [0.25, 0.3) is 5.91 Å². The van der Waals surface area contributed by atoms with Crippen molar-refractivity contribution in [3.63, 3.8) is 0 Å². The van der Waals surface area contributed by atoms with Crippen LogP contribution in [0.15, 0.2) is 29.6 Å². The van der Waals surface area contributed by atoms with E-state index in [-0.39, 0.29) is 18.1 Å². The third-order valence-corrected chi connectivity index (χ3v) is 4.74. The number of benzene rings is 1. The lowest BCUT2D eigenvalue weighted by atomic mass is 10.0. The van der Waals surface area contributed by atoms with Crippen LogP contribution < -0.4 is 5.32 Å². The lowest BCUT2D eigenvalue weighted by Gasteiger charge is -2.40. The monoisotopic (exact) mass is 301 g/mol. The van der Waals surface area contributed by atoms with E-state index in [1.165, 1.54) is 0 Å². The molecule has 2 heterocycles. The second kappa shape index (κ2) is 5.48. The van der Waals surface area contributed by atoms with Crippen molar-refractivity contribution < 1.29 is 4.79 Å². The molecule has 0 radical (unpaired) electrons. The van der Waals surface area contributed by atoms with Crippen LogP contribution in [0.1, 0.15) is 47.5 Å². The summed E-state index contributed by atoms with van der Waals surface area (Å²) in [5, 5.41) is 6.52. The second-order valence-corrected chi connectivity index (χ2v) is 6.42. The Hall–Kier alpha value is -1.88. The first-order valence-corrected chi connectivity index (χ1v) is 8.10.